The predicted molar refractivity (Wildman–Crippen MR) is 87.2 cm³/mol. The maximum Gasteiger partial charge on any atom is 0.251 e. The first-order chi connectivity index (χ1) is 10.6. The van der Waals surface area contributed by atoms with Crippen molar-refractivity contribution in [2.75, 3.05) is 5.32 Å². The van der Waals surface area contributed by atoms with Crippen LogP contribution >= 0.6 is 0 Å². The smallest absolute Gasteiger partial charge is 0.251 e. The van der Waals surface area contributed by atoms with Gasteiger partial charge in [0, 0.05) is 18.0 Å². The fourth-order valence-corrected chi connectivity index (χ4v) is 2.90. The number of anilines is 1. The van der Waals surface area contributed by atoms with Crippen molar-refractivity contribution in [3.8, 4) is 0 Å². The van der Waals surface area contributed by atoms with Crippen molar-refractivity contribution in [2.45, 2.75) is 39.2 Å². The summed E-state index contributed by atoms with van der Waals surface area (Å²) in [5.74, 6) is -0.179. The molecule has 114 valence electrons. The molecule has 1 aliphatic rings. The molecule has 1 amide bonds. The Morgan fingerprint density at radius 2 is 1.91 bits per heavy atom. The number of benzene rings is 1. The van der Waals surface area contributed by atoms with Crippen molar-refractivity contribution < 1.29 is 4.79 Å². The number of carbonyl (C=O) groups is 1. The maximum absolute atomic E-state index is 12.1. The molecule has 0 unspecified atom stereocenters. The van der Waals surface area contributed by atoms with Gasteiger partial charge >= 0.3 is 0 Å². The molecule has 3 rings (SSSR count). The molecule has 4 nitrogen and oxygen atoms in total. The van der Waals surface area contributed by atoms with Gasteiger partial charge in [0.2, 0.25) is 5.91 Å². The van der Waals surface area contributed by atoms with E-state index < -0.39 is 0 Å². The average Bonchev–Trinajstić information content (AvgIpc) is 2.50. The van der Waals surface area contributed by atoms with E-state index in [1.54, 1.807) is 6.20 Å². The van der Waals surface area contributed by atoms with Crippen LogP contribution in [-0.4, -0.2) is 10.5 Å². The fourth-order valence-electron chi connectivity index (χ4n) is 2.90. The molecule has 0 spiro atoms. The van der Waals surface area contributed by atoms with Gasteiger partial charge in [0.1, 0.15) is 6.54 Å². The normalized spacial score (nSPS) is 13.5. The van der Waals surface area contributed by atoms with Gasteiger partial charge in [0.25, 0.3) is 5.56 Å². The predicted octanol–water partition coefficient (Wildman–Crippen LogP) is 2.67. The van der Waals surface area contributed by atoms with Crippen molar-refractivity contribution in [3.63, 3.8) is 0 Å². The summed E-state index contributed by atoms with van der Waals surface area (Å²) in [7, 11) is 0. The lowest BCUT2D eigenvalue weighted by Crippen LogP contribution is -2.27. The summed E-state index contributed by atoms with van der Waals surface area (Å²) >= 11 is 0. The molecule has 0 saturated heterocycles. The first kappa shape index (κ1) is 14.6. The first-order valence-corrected chi connectivity index (χ1v) is 7.70. The molecular weight excluding hydrogens is 276 g/mol. The Labute approximate surface area is 129 Å². The van der Waals surface area contributed by atoms with E-state index in [0.717, 1.165) is 24.1 Å². The fraction of sp³-hybridized carbons (Fsp3) is 0.333. The van der Waals surface area contributed by atoms with Crippen LogP contribution in [0, 0.1) is 6.92 Å². The lowest BCUT2D eigenvalue weighted by molar-refractivity contribution is -0.116. The third-order valence-electron chi connectivity index (χ3n) is 4.10. The van der Waals surface area contributed by atoms with E-state index in [9.17, 15) is 9.59 Å². The first-order valence-electron chi connectivity index (χ1n) is 7.70. The van der Waals surface area contributed by atoms with Crippen LogP contribution in [0.5, 0.6) is 0 Å². The van der Waals surface area contributed by atoms with E-state index >= 15 is 0 Å². The molecule has 2 aromatic rings. The highest BCUT2D eigenvalue weighted by atomic mass is 16.2. The van der Waals surface area contributed by atoms with Gasteiger partial charge in [0.05, 0.1) is 0 Å². The molecule has 1 N–H and O–H groups in total. The Balaban J connectivity index is 1.70. The number of pyridine rings is 1. The maximum atomic E-state index is 12.1. The van der Waals surface area contributed by atoms with E-state index in [1.165, 1.54) is 34.6 Å². The topological polar surface area (TPSA) is 51.1 Å². The number of rotatable bonds is 3. The Morgan fingerprint density at radius 3 is 2.68 bits per heavy atom. The summed E-state index contributed by atoms with van der Waals surface area (Å²) in [6, 6.07) is 9.46. The van der Waals surface area contributed by atoms with Crippen LogP contribution in [0.4, 0.5) is 5.69 Å². The summed E-state index contributed by atoms with van der Waals surface area (Å²) in [6.07, 6.45) is 6.32. The molecule has 0 saturated carbocycles. The summed E-state index contributed by atoms with van der Waals surface area (Å²) in [5.41, 5.74) is 4.28. The van der Waals surface area contributed by atoms with Gasteiger partial charge in [-0.2, -0.15) is 0 Å². The number of aromatic nitrogens is 1. The zero-order valence-electron chi connectivity index (χ0n) is 12.8. The summed E-state index contributed by atoms with van der Waals surface area (Å²) in [6.45, 7) is 1.90. The van der Waals surface area contributed by atoms with Crippen LogP contribution in [0.1, 0.15) is 29.5 Å². The molecule has 0 bridgehead atoms. The Kier molecular flexibility index (Phi) is 4.09. The Morgan fingerprint density at radius 1 is 1.14 bits per heavy atom. The van der Waals surface area contributed by atoms with Gasteiger partial charge in [0.15, 0.2) is 0 Å². The molecular formula is C18H20N2O2. The standard InChI is InChI=1S/C18H20N2O2/c1-13-8-9-20(18(22)10-13)12-17(21)19-16-7-6-14-4-2-3-5-15(14)11-16/h6-11H,2-5,12H2,1H3,(H,19,21). The zero-order valence-corrected chi connectivity index (χ0v) is 12.8. The third-order valence-corrected chi connectivity index (χ3v) is 4.10. The summed E-state index contributed by atoms with van der Waals surface area (Å²) in [4.78, 5) is 23.9. The van der Waals surface area contributed by atoms with Gasteiger partial charge < -0.3 is 9.88 Å². The number of carbonyl (C=O) groups excluding carboxylic acids is 1. The van der Waals surface area contributed by atoms with Crippen molar-refractivity contribution >= 4 is 11.6 Å². The average molecular weight is 296 g/mol. The SMILES string of the molecule is Cc1ccn(CC(=O)Nc2ccc3c(c2)CCCC3)c(=O)c1. The lowest BCUT2D eigenvalue weighted by Gasteiger charge is -2.17. The molecule has 4 heteroatoms. The molecule has 0 aliphatic heterocycles. The van der Waals surface area contributed by atoms with Crippen LogP contribution in [-0.2, 0) is 24.2 Å². The molecule has 1 aromatic heterocycles. The number of aryl methyl sites for hydroxylation is 3. The van der Waals surface area contributed by atoms with Gasteiger partial charge in [-0.15, -0.1) is 0 Å². The molecule has 0 fully saturated rings. The van der Waals surface area contributed by atoms with Crippen LogP contribution in [0.25, 0.3) is 0 Å². The minimum Gasteiger partial charge on any atom is -0.325 e. The molecule has 1 aromatic carbocycles. The molecule has 1 heterocycles. The highest BCUT2D eigenvalue weighted by Crippen LogP contribution is 2.24. The second-order valence-corrected chi connectivity index (χ2v) is 5.91. The summed E-state index contributed by atoms with van der Waals surface area (Å²) in [5, 5.41) is 2.88. The lowest BCUT2D eigenvalue weighted by atomic mass is 9.91. The van der Waals surface area contributed by atoms with Crippen molar-refractivity contribution in [1.29, 1.82) is 0 Å². The van der Waals surface area contributed by atoms with E-state index in [-0.39, 0.29) is 18.0 Å². The second-order valence-electron chi connectivity index (χ2n) is 5.91. The van der Waals surface area contributed by atoms with Crippen molar-refractivity contribution in [2.24, 2.45) is 0 Å². The number of fused-ring (bicyclic) bond motifs is 1. The zero-order chi connectivity index (χ0) is 15.5. The van der Waals surface area contributed by atoms with E-state index in [1.807, 2.05) is 19.1 Å². The van der Waals surface area contributed by atoms with Gasteiger partial charge in [-0.3, -0.25) is 9.59 Å². The number of hydrogen-bond donors (Lipinski definition) is 1. The quantitative estimate of drug-likeness (QED) is 0.946. The minimum atomic E-state index is -0.179. The minimum absolute atomic E-state index is 0.0379. The number of nitrogens with one attached hydrogen (secondary N) is 1. The van der Waals surface area contributed by atoms with Crippen LogP contribution in [0.15, 0.2) is 41.3 Å². The van der Waals surface area contributed by atoms with Gasteiger partial charge in [-0.25, -0.2) is 0 Å². The largest absolute Gasteiger partial charge is 0.325 e. The van der Waals surface area contributed by atoms with Gasteiger partial charge in [-0.05, 0) is 67.5 Å². The monoisotopic (exact) mass is 296 g/mol. The molecule has 0 radical (unpaired) electrons. The van der Waals surface area contributed by atoms with Crippen LogP contribution in [0.3, 0.4) is 0 Å². The molecule has 0 atom stereocenters. The Bertz CT molecular complexity index is 762. The molecule has 1 aliphatic carbocycles. The second kappa shape index (κ2) is 6.18. The van der Waals surface area contributed by atoms with E-state index in [4.69, 9.17) is 0 Å². The van der Waals surface area contributed by atoms with E-state index in [2.05, 4.69) is 17.4 Å². The van der Waals surface area contributed by atoms with Crippen LogP contribution < -0.4 is 10.9 Å². The van der Waals surface area contributed by atoms with E-state index in [0.29, 0.717) is 0 Å². The number of hydrogen-bond acceptors (Lipinski definition) is 2. The number of amides is 1. The van der Waals surface area contributed by atoms with Gasteiger partial charge in [-0.1, -0.05) is 6.07 Å². The highest BCUT2D eigenvalue weighted by Gasteiger charge is 2.11. The molecule has 22 heavy (non-hydrogen) atoms. The summed E-state index contributed by atoms with van der Waals surface area (Å²) < 4.78 is 1.42. The van der Waals surface area contributed by atoms with Crippen molar-refractivity contribution in [3.05, 3.63) is 63.6 Å². The van der Waals surface area contributed by atoms with Crippen LogP contribution in [0.2, 0.25) is 0 Å². The third kappa shape index (κ3) is 3.27. The van der Waals surface area contributed by atoms with Crippen molar-refractivity contribution in [1.82, 2.24) is 4.57 Å². The Hall–Kier alpha value is -2.36. The number of nitrogens with zero attached hydrogens (tertiary/aromatic N) is 1. The highest BCUT2D eigenvalue weighted by molar-refractivity contribution is 5.90.